The Morgan fingerprint density at radius 3 is 2.50 bits per heavy atom. The summed E-state index contributed by atoms with van der Waals surface area (Å²) in [5, 5.41) is 0.633. The number of para-hydroxylation sites is 2. The zero-order chi connectivity index (χ0) is 25.2. The van der Waals surface area contributed by atoms with Crippen LogP contribution in [0.5, 0.6) is 0 Å². The van der Waals surface area contributed by atoms with Crippen LogP contribution in [0.4, 0.5) is 5.69 Å². The van der Waals surface area contributed by atoms with E-state index in [0.29, 0.717) is 5.02 Å². The Morgan fingerprint density at radius 2 is 1.81 bits per heavy atom. The summed E-state index contributed by atoms with van der Waals surface area (Å²) in [5.74, 6) is 0.0493. The second-order valence-electron chi connectivity index (χ2n) is 9.96. The van der Waals surface area contributed by atoms with Crippen LogP contribution in [0.3, 0.4) is 0 Å². The van der Waals surface area contributed by atoms with Gasteiger partial charge in [0.05, 0.1) is 17.1 Å². The molecule has 0 bridgehead atoms. The number of halogens is 1. The van der Waals surface area contributed by atoms with Gasteiger partial charge in [-0.2, -0.15) is 0 Å². The van der Waals surface area contributed by atoms with Gasteiger partial charge >= 0.3 is 0 Å². The number of carbonyl (C=O) groups is 2. The van der Waals surface area contributed by atoms with E-state index in [4.69, 9.17) is 11.6 Å². The van der Waals surface area contributed by atoms with Crippen LogP contribution in [0, 0.1) is 5.92 Å². The third-order valence-corrected chi connectivity index (χ3v) is 7.71. The molecule has 0 unspecified atom stereocenters. The number of amides is 2. The van der Waals surface area contributed by atoms with Gasteiger partial charge in [0.15, 0.2) is 0 Å². The van der Waals surface area contributed by atoms with E-state index >= 15 is 0 Å². The van der Waals surface area contributed by atoms with Crippen molar-refractivity contribution < 1.29 is 9.59 Å². The molecule has 2 amide bonds. The maximum Gasteiger partial charge on any atom is 0.247 e. The minimum absolute atomic E-state index is 0.0204. The molecule has 0 saturated heterocycles. The highest BCUT2D eigenvalue weighted by Gasteiger charge is 2.41. The molecular formula is C30H34ClN3O2. The third kappa shape index (κ3) is 4.69. The summed E-state index contributed by atoms with van der Waals surface area (Å²) < 4.78 is 2.15. The first-order valence-corrected chi connectivity index (χ1v) is 13.6. The van der Waals surface area contributed by atoms with Gasteiger partial charge in [-0.05, 0) is 67.6 Å². The molecule has 2 aromatic carbocycles. The Morgan fingerprint density at radius 1 is 1.03 bits per heavy atom. The van der Waals surface area contributed by atoms with Crippen molar-refractivity contribution in [3.05, 3.63) is 83.1 Å². The summed E-state index contributed by atoms with van der Waals surface area (Å²) in [5.41, 5.74) is 3.76. The topological polar surface area (TPSA) is 45.6 Å². The van der Waals surface area contributed by atoms with Crippen molar-refractivity contribution in [2.75, 3.05) is 11.4 Å². The number of carbonyl (C=O) groups excluding carboxylic acids is 2. The Hall–Kier alpha value is -3.05. The zero-order valence-electron chi connectivity index (χ0n) is 21.1. The van der Waals surface area contributed by atoms with Gasteiger partial charge in [-0.1, -0.05) is 62.6 Å². The van der Waals surface area contributed by atoms with E-state index in [0.717, 1.165) is 61.2 Å². The average molecular weight is 504 g/mol. The van der Waals surface area contributed by atoms with E-state index in [1.54, 1.807) is 0 Å². The number of hydrogen-bond acceptors (Lipinski definition) is 2. The fourth-order valence-electron chi connectivity index (χ4n) is 5.44. The number of aromatic nitrogens is 1. The van der Waals surface area contributed by atoms with E-state index in [1.807, 2.05) is 70.6 Å². The predicted molar refractivity (Wildman–Crippen MR) is 145 cm³/mol. The highest BCUT2D eigenvalue weighted by Crippen LogP contribution is 2.43. The standard InChI is InChI=1S/C30H34ClN3O2/c1-3-5-10-21(4-2)30(36)33(24-16-17-24)20-28(35)34-26-14-7-6-13-25(26)32-18-9-15-27(32)29(34)22-11-8-12-23(31)19-22/h6-9,11-15,18-19,21,24,29H,3-5,10,16-17,20H2,1-2H3/t21-,29-/m0/s1. The molecule has 2 heterocycles. The number of nitrogens with zero attached hydrogens (tertiary/aromatic N) is 3. The monoisotopic (exact) mass is 503 g/mol. The fraction of sp³-hybridized carbons (Fsp3) is 0.400. The van der Waals surface area contributed by atoms with E-state index in [2.05, 4.69) is 24.5 Å². The first-order chi connectivity index (χ1) is 17.5. The fourth-order valence-corrected chi connectivity index (χ4v) is 5.64. The minimum Gasteiger partial charge on any atom is -0.330 e. The molecule has 2 aliphatic rings. The number of fused-ring (bicyclic) bond motifs is 3. The van der Waals surface area contributed by atoms with Crippen molar-refractivity contribution in [3.8, 4) is 5.69 Å². The molecule has 0 N–H and O–H groups in total. The maximum absolute atomic E-state index is 14.2. The molecule has 1 aromatic heterocycles. The summed E-state index contributed by atoms with van der Waals surface area (Å²) in [6.45, 7) is 4.33. The Balaban J connectivity index is 1.53. The maximum atomic E-state index is 14.2. The molecule has 1 aliphatic heterocycles. The average Bonchev–Trinajstić information content (AvgIpc) is 3.61. The first-order valence-electron chi connectivity index (χ1n) is 13.2. The van der Waals surface area contributed by atoms with Gasteiger partial charge in [-0.15, -0.1) is 0 Å². The van der Waals surface area contributed by atoms with Gasteiger partial charge in [-0.3, -0.25) is 14.5 Å². The van der Waals surface area contributed by atoms with Gasteiger partial charge in [0.2, 0.25) is 11.8 Å². The molecule has 0 radical (unpaired) electrons. The Kier molecular flexibility index (Phi) is 7.20. The molecule has 3 aromatic rings. The van der Waals surface area contributed by atoms with Crippen molar-refractivity contribution >= 4 is 29.1 Å². The zero-order valence-corrected chi connectivity index (χ0v) is 21.8. The summed E-state index contributed by atoms with van der Waals surface area (Å²) in [7, 11) is 0. The minimum atomic E-state index is -0.334. The Bertz CT molecular complexity index is 1250. The molecule has 188 valence electrons. The third-order valence-electron chi connectivity index (χ3n) is 7.48. The van der Waals surface area contributed by atoms with Crippen molar-refractivity contribution in [2.24, 2.45) is 5.92 Å². The molecule has 1 saturated carbocycles. The number of benzene rings is 2. The van der Waals surface area contributed by atoms with E-state index in [9.17, 15) is 9.59 Å². The van der Waals surface area contributed by atoms with Crippen molar-refractivity contribution in [3.63, 3.8) is 0 Å². The number of unbranched alkanes of at least 4 members (excludes halogenated alkanes) is 1. The van der Waals surface area contributed by atoms with Crippen LogP contribution in [0.1, 0.15) is 69.7 Å². The molecule has 36 heavy (non-hydrogen) atoms. The smallest absolute Gasteiger partial charge is 0.247 e. The lowest BCUT2D eigenvalue weighted by atomic mass is 9.96. The molecule has 5 rings (SSSR count). The van der Waals surface area contributed by atoms with Crippen LogP contribution in [0.15, 0.2) is 66.9 Å². The molecule has 1 fully saturated rings. The summed E-state index contributed by atoms with van der Waals surface area (Å²) >= 11 is 6.40. The second kappa shape index (κ2) is 10.5. The lowest BCUT2D eigenvalue weighted by Crippen LogP contribution is -2.48. The van der Waals surface area contributed by atoms with Crippen LogP contribution >= 0.6 is 11.6 Å². The molecular weight excluding hydrogens is 470 g/mol. The quantitative estimate of drug-likeness (QED) is 0.323. The lowest BCUT2D eigenvalue weighted by Gasteiger charge is -2.40. The van der Waals surface area contributed by atoms with Gasteiger partial charge in [0.1, 0.15) is 12.6 Å². The van der Waals surface area contributed by atoms with Crippen LogP contribution in [0.25, 0.3) is 5.69 Å². The van der Waals surface area contributed by atoms with Gasteiger partial charge in [0, 0.05) is 23.2 Å². The lowest BCUT2D eigenvalue weighted by molar-refractivity contribution is -0.139. The highest BCUT2D eigenvalue weighted by molar-refractivity contribution is 6.30. The number of hydrogen-bond donors (Lipinski definition) is 0. The molecule has 0 spiro atoms. The SMILES string of the molecule is CCCC[C@H](CC)C(=O)N(CC(=O)N1c2ccccc2-n2cccc2[C@@H]1c1cccc(Cl)c1)C1CC1. The first kappa shape index (κ1) is 24.6. The van der Waals surface area contributed by atoms with Gasteiger partial charge < -0.3 is 9.47 Å². The van der Waals surface area contributed by atoms with Crippen molar-refractivity contribution in [1.29, 1.82) is 0 Å². The number of rotatable bonds is 9. The Labute approximate surface area is 218 Å². The number of anilines is 1. The van der Waals surface area contributed by atoms with Crippen LogP contribution < -0.4 is 4.90 Å². The molecule has 1 aliphatic carbocycles. The van der Waals surface area contributed by atoms with E-state index in [-0.39, 0.29) is 36.4 Å². The molecule has 6 heteroatoms. The normalized spacial score (nSPS) is 17.3. The predicted octanol–water partition coefficient (Wildman–Crippen LogP) is 6.77. The van der Waals surface area contributed by atoms with E-state index in [1.165, 1.54) is 0 Å². The summed E-state index contributed by atoms with van der Waals surface area (Å²) in [6, 6.07) is 19.6. The highest BCUT2D eigenvalue weighted by atomic mass is 35.5. The van der Waals surface area contributed by atoms with Gasteiger partial charge in [0.25, 0.3) is 0 Å². The second-order valence-corrected chi connectivity index (χ2v) is 10.4. The van der Waals surface area contributed by atoms with Crippen molar-refractivity contribution in [2.45, 2.75) is 64.5 Å². The summed E-state index contributed by atoms with van der Waals surface area (Å²) in [4.78, 5) is 31.6. The summed E-state index contributed by atoms with van der Waals surface area (Å²) in [6.07, 6.45) is 7.77. The molecule has 5 nitrogen and oxygen atoms in total. The largest absolute Gasteiger partial charge is 0.330 e. The van der Waals surface area contributed by atoms with Crippen LogP contribution in [-0.4, -0.2) is 33.9 Å². The van der Waals surface area contributed by atoms with Crippen molar-refractivity contribution in [1.82, 2.24) is 9.47 Å². The molecule has 2 atom stereocenters. The van der Waals surface area contributed by atoms with E-state index < -0.39 is 0 Å². The van der Waals surface area contributed by atoms with Crippen LogP contribution in [-0.2, 0) is 9.59 Å². The van der Waals surface area contributed by atoms with Gasteiger partial charge in [-0.25, -0.2) is 0 Å². The van der Waals surface area contributed by atoms with Crippen LogP contribution in [0.2, 0.25) is 5.02 Å².